The molecule has 0 bridgehead atoms. The standard InChI is InChI=1S/C13H16BrN3OS/c1-17(2)7-6-16-13(18)12-11(15)10-8(14)4-3-5-9(10)19-12/h3-5H,6-7,15H2,1-2H3,(H,16,18). The number of rotatable bonds is 4. The van der Waals surface area contributed by atoms with Gasteiger partial charge in [0.2, 0.25) is 0 Å². The number of nitrogens with one attached hydrogen (secondary N) is 1. The highest BCUT2D eigenvalue weighted by molar-refractivity contribution is 9.10. The van der Waals surface area contributed by atoms with Crippen LogP contribution in [0.15, 0.2) is 22.7 Å². The number of carbonyl (C=O) groups is 1. The smallest absolute Gasteiger partial charge is 0.263 e. The number of benzene rings is 1. The molecule has 1 aromatic heterocycles. The molecule has 0 aliphatic carbocycles. The van der Waals surface area contributed by atoms with Crippen molar-refractivity contribution in [1.82, 2.24) is 10.2 Å². The van der Waals surface area contributed by atoms with E-state index in [0.29, 0.717) is 17.1 Å². The van der Waals surface area contributed by atoms with Crippen LogP contribution < -0.4 is 11.1 Å². The molecule has 1 aromatic carbocycles. The zero-order valence-electron chi connectivity index (χ0n) is 10.9. The van der Waals surface area contributed by atoms with Crippen LogP contribution in [0.5, 0.6) is 0 Å². The number of anilines is 1. The number of nitrogens with zero attached hydrogens (tertiary/aromatic N) is 1. The number of nitrogen functional groups attached to an aromatic ring is 1. The largest absolute Gasteiger partial charge is 0.397 e. The van der Waals surface area contributed by atoms with Gasteiger partial charge in [-0.1, -0.05) is 22.0 Å². The number of hydrogen-bond donors (Lipinski definition) is 2. The molecule has 0 saturated carbocycles. The van der Waals surface area contributed by atoms with Gasteiger partial charge >= 0.3 is 0 Å². The second-order valence-electron chi connectivity index (χ2n) is 4.52. The van der Waals surface area contributed by atoms with Crippen molar-refractivity contribution in [2.75, 3.05) is 32.9 Å². The Morgan fingerprint density at radius 2 is 2.21 bits per heavy atom. The van der Waals surface area contributed by atoms with E-state index >= 15 is 0 Å². The maximum absolute atomic E-state index is 12.1. The van der Waals surface area contributed by atoms with Crippen LogP contribution >= 0.6 is 27.3 Å². The molecule has 1 amide bonds. The van der Waals surface area contributed by atoms with E-state index in [9.17, 15) is 4.79 Å². The van der Waals surface area contributed by atoms with Gasteiger partial charge in [-0.2, -0.15) is 0 Å². The Morgan fingerprint density at radius 3 is 2.84 bits per heavy atom. The summed E-state index contributed by atoms with van der Waals surface area (Å²) in [6, 6.07) is 5.84. The Balaban J connectivity index is 2.23. The average molecular weight is 342 g/mol. The van der Waals surface area contributed by atoms with E-state index in [2.05, 4.69) is 21.2 Å². The first-order valence-corrected chi connectivity index (χ1v) is 7.51. The molecule has 0 fully saturated rings. The molecule has 1 heterocycles. The molecular formula is C13H16BrN3OS. The summed E-state index contributed by atoms with van der Waals surface area (Å²) in [6.45, 7) is 1.42. The molecule has 3 N–H and O–H groups in total. The van der Waals surface area contributed by atoms with E-state index in [1.165, 1.54) is 11.3 Å². The molecule has 0 aliphatic rings. The van der Waals surface area contributed by atoms with Crippen LogP contribution in [0.3, 0.4) is 0 Å². The highest BCUT2D eigenvalue weighted by atomic mass is 79.9. The van der Waals surface area contributed by atoms with Crippen LogP contribution in [0.4, 0.5) is 5.69 Å². The van der Waals surface area contributed by atoms with E-state index < -0.39 is 0 Å². The zero-order valence-corrected chi connectivity index (χ0v) is 13.3. The van der Waals surface area contributed by atoms with Gasteiger partial charge in [0.25, 0.3) is 5.91 Å². The lowest BCUT2D eigenvalue weighted by molar-refractivity contribution is 0.0956. The summed E-state index contributed by atoms with van der Waals surface area (Å²) in [7, 11) is 3.94. The fourth-order valence-corrected chi connectivity index (χ4v) is 3.55. The van der Waals surface area contributed by atoms with Crippen LogP contribution in [0.25, 0.3) is 10.1 Å². The van der Waals surface area contributed by atoms with E-state index in [1.54, 1.807) is 0 Å². The summed E-state index contributed by atoms with van der Waals surface area (Å²) >= 11 is 4.89. The van der Waals surface area contributed by atoms with Crippen LogP contribution in [-0.4, -0.2) is 38.0 Å². The molecule has 102 valence electrons. The fourth-order valence-electron chi connectivity index (χ4n) is 1.77. The summed E-state index contributed by atoms with van der Waals surface area (Å²) in [5.74, 6) is -0.104. The molecular weight excluding hydrogens is 326 g/mol. The molecule has 4 nitrogen and oxygen atoms in total. The molecule has 19 heavy (non-hydrogen) atoms. The predicted molar refractivity (Wildman–Crippen MR) is 84.8 cm³/mol. The van der Waals surface area contributed by atoms with Gasteiger partial charge in [-0.05, 0) is 26.2 Å². The summed E-state index contributed by atoms with van der Waals surface area (Å²) < 4.78 is 1.94. The Bertz CT molecular complexity index is 609. The first-order valence-electron chi connectivity index (χ1n) is 5.90. The third-order valence-corrected chi connectivity index (χ3v) is 4.58. The number of halogens is 1. The normalized spacial score (nSPS) is 11.2. The molecule has 0 saturated heterocycles. The van der Waals surface area contributed by atoms with Gasteiger partial charge in [0.1, 0.15) is 4.88 Å². The topological polar surface area (TPSA) is 58.4 Å². The molecule has 0 spiro atoms. The molecule has 0 atom stereocenters. The lowest BCUT2D eigenvalue weighted by atomic mass is 10.2. The quantitative estimate of drug-likeness (QED) is 0.898. The van der Waals surface area contributed by atoms with Crippen LogP contribution in [-0.2, 0) is 0 Å². The Labute approximate surface area is 124 Å². The molecule has 2 aromatic rings. The van der Waals surface area contributed by atoms with Crippen LogP contribution in [0, 0.1) is 0 Å². The minimum absolute atomic E-state index is 0.104. The maximum atomic E-state index is 12.1. The predicted octanol–water partition coefficient (Wildman–Crippen LogP) is 2.54. The number of hydrogen-bond acceptors (Lipinski definition) is 4. The third kappa shape index (κ3) is 3.08. The number of thiophene rings is 1. The highest BCUT2D eigenvalue weighted by Gasteiger charge is 2.17. The summed E-state index contributed by atoms with van der Waals surface area (Å²) in [4.78, 5) is 14.7. The zero-order chi connectivity index (χ0) is 14.0. The van der Waals surface area contributed by atoms with Crippen molar-refractivity contribution in [1.29, 1.82) is 0 Å². The van der Waals surface area contributed by atoms with Gasteiger partial charge in [-0.15, -0.1) is 11.3 Å². The average Bonchev–Trinajstić information content (AvgIpc) is 2.67. The monoisotopic (exact) mass is 341 g/mol. The van der Waals surface area contributed by atoms with Gasteiger partial charge in [-0.25, -0.2) is 0 Å². The summed E-state index contributed by atoms with van der Waals surface area (Å²) in [6.07, 6.45) is 0. The molecule has 6 heteroatoms. The third-order valence-electron chi connectivity index (χ3n) is 2.75. The van der Waals surface area contributed by atoms with Crippen LogP contribution in [0.1, 0.15) is 9.67 Å². The summed E-state index contributed by atoms with van der Waals surface area (Å²) in [5.41, 5.74) is 6.63. The van der Waals surface area contributed by atoms with Crippen molar-refractivity contribution < 1.29 is 4.79 Å². The molecule has 0 aliphatic heterocycles. The van der Waals surface area contributed by atoms with Crippen molar-refractivity contribution in [3.8, 4) is 0 Å². The number of fused-ring (bicyclic) bond motifs is 1. The number of likely N-dealkylation sites (N-methyl/N-ethyl adjacent to an activating group) is 1. The maximum Gasteiger partial charge on any atom is 0.263 e. The van der Waals surface area contributed by atoms with Crippen molar-refractivity contribution >= 4 is 48.9 Å². The van der Waals surface area contributed by atoms with Crippen molar-refractivity contribution in [3.63, 3.8) is 0 Å². The highest BCUT2D eigenvalue weighted by Crippen LogP contribution is 2.37. The van der Waals surface area contributed by atoms with Crippen molar-refractivity contribution in [2.45, 2.75) is 0 Å². The minimum Gasteiger partial charge on any atom is -0.397 e. The van der Waals surface area contributed by atoms with Gasteiger partial charge in [0.15, 0.2) is 0 Å². The van der Waals surface area contributed by atoms with Crippen molar-refractivity contribution in [3.05, 3.63) is 27.5 Å². The lowest BCUT2D eigenvalue weighted by Crippen LogP contribution is -2.31. The number of carbonyl (C=O) groups excluding carboxylic acids is 1. The Kier molecular flexibility index (Phi) is 4.44. The first-order chi connectivity index (χ1) is 9.00. The lowest BCUT2D eigenvalue weighted by Gasteiger charge is -2.09. The van der Waals surface area contributed by atoms with E-state index in [4.69, 9.17) is 5.73 Å². The van der Waals surface area contributed by atoms with Gasteiger partial charge in [0.05, 0.1) is 5.69 Å². The molecule has 2 rings (SSSR count). The Morgan fingerprint density at radius 1 is 1.47 bits per heavy atom. The number of amides is 1. The van der Waals surface area contributed by atoms with Gasteiger partial charge < -0.3 is 16.0 Å². The SMILES string of the molecule is CN(C)CCNC(=O)c1sc2cccc(Br)c2c1N. The first kappa shape index (κ1) is 14.3. The number of nitrogens with two attached hydrogens (primary N) is 1. The van der Waals surface area contributed by atoms with Crippen molar-refractivity contribution in [2.24, 2.45) is 0 Å². The molecule has 0 radical (unpaired) electrons. The fraction of sp³-hybridized carbons (Fsp3) is 0.308. The summed E-state index contributed by atoms with van der Waals surface area (Å²) in [5, 5.41) is 3.81. The van der Waals surface area contributed by atoms with Gasteiger partial charge in [0, 0.05) is 27.6 Å². The van der Waals surface area contributed by atoms with E-state index in [1.807, 2.05) is 37.2 Å². The van der Waals surface area contributed by atoms with Crippen LogP contribution in [0.2, 0.25) is 0 Å². The Hall–Kier alpha value is -1.11. The van der Waals surface area contributed by atoms with E-state index in [-0.39, 0.29) is 5.91 Å². The van der Waals surface area contributed by atoms with E-state index in [0.717, 1.165) is 21.1 Å². The van der Waals surface area contributed by atoms with Gasteiger partial charge in [-0.3, -0.25) is 4.79 Å². The second kappa shape index (κ2) is 5.90. The minimum atomic E-state index is -0.104. The molecule has 0 unspecified atom stereocenters. The second-order valence-corrected chi connectivity index (χ2v) is 6.42.